The van der Waals surface area contributed by atoms with Crippen LogP contribution in [0.2, 0.25) is 0 Å². The number of carbonyl (C=O) groups excluding carboxylic acids is 1. The largest absolute Gasteiger partial charge is 0.322 e. The Morgan fingerprint density at radius 1 is 1.16 bits per heavy atom. The number of amides is 1. The molecule has 0 fully saturated rings. The summed E-state index contributed by atoms with van der Waals surface area (Å²) >= 11 is 3.08. The van der Waals surface area contributed by atoms with E-state index in [0.717, 1.165) is 20.1 Å². The number of nitrogens with zero attached hydrogens (tertiary/aromatic N) is 3. The number of hydrogen-bond donors (Lipinski definition) is 1. The monoisotopic (exact) mass is 446 g/mol. The van der Waals surface area contributed by atoms with E-state index >= 15 is 0 Å². The van der Waals surface area contributed by atoms with Gasteiger partial charge in [-0.05, 0) is 42.0 Å². The number of benzene rings is 3. The molecular weight excluding hydrogens is 432 g/mol. The summed E-state index contributed by atoms with van der Waals surface area (Å²) in [5.74, 6) is 0.300. The number of thioether (sulfide) groups is 1. The third-order valence-electron chi connectivity index (χ3n) is 4.46. The number of anilines is 1. The van der Waals surface area contributed by atoms with E-state index in [1.165, 1.54) is 35.6 Å². The molecule has 0 radical (unpaired) electrons. The quantitative estimate of drug-likeness (QED) is 0.234. The fourth-order valence-corrected chi connectivity index (χ4v) is 4.99. The average Bonchev–Trinajstić information content (AvgIpc) is 3.20. The Balaban J connectivity index is 1.46. The summed E-state index contributed by atoms with van der Waals surface area (Å²) in [6.07, 6.45) is 0. The number of nitrogens with one attached hydrogen (secondary N) is 1. The summed E-state index contributed by atoms with van der Waals surface area (Å²) in [4.78, 5) is 27.3. The van der Waals surface area contributed by atoms with Crippen molar-refractivity contribution in [2.45, 2.75) is 10.1 Å². The van der Waals surface area contributed by atoms with Crippen LogP contribution in [0.1, 0.15) is 21.5 Å². The Morgan fingerprint density at radius 3 is 2.68 bits per heavy atom. The van der Waals surface area contributed by atoms with E-state index in [0.29, 0.717) is 22.6 Å². The standard InChI is InChI=1S/C22H14N4O3S2/c23-12-15-3-1-2-4-16(15)13-30-22-25-19-10-7-17(11-20(19)31-22)24-21(27)14-5-8-18(9-6-14)26(28)29/h1-11H,13H2,(H,24,27). The molecule has 1 aromatic heterocycles. The van der Waals surface area contributed by atoms with Gasteiger partial charge in [0.15, 0.2) is 4.34 Å². The van der Waals surface area contributed by atoms with Gasteiger partial charge < -0.3 is 5.32 Å². The minimum atomic E-state index is -0.506. The lowest BCUT2D eigenvalue weighted by atomic mass is 10.1. The third-order valence-corrected chi connectivity index (χ3v) is 6.67. The number of fused-ring (bicyclic) bond motifs is 1. The van der Waals surface area contributed by atoms with Crippen LogP contribution in [0, 0.1) is 21.4 Å². The molecular formula is C22H14N4O3S2. The molecule has 0 aliphatic carbocycles. The number of aromatic nitrogens is 1. The maximum atomic E-state index is 12.4. The first kappa shape index (κ1) is 20.5. The second-order valence-corrected chi connectivity index (χ2v) is 8.73. The van der Waals surface area contributed by atoms with Crippen molar-refractivity contribution in [3.8, 4) is 6.07 Å². The molecule has 1 N–H and O–H groups in total. The average molecular weight is 447 g/mol. The summed E-state index contributed by atoms with van der Waals surface area (Å²) in [7, 11) is 0. The highest BCUT2D eigenvalue weighted by atomic mass is 32.2. The SMILES string of the molecule is N#Cc1ccccc1CSc1nc2ccc(NC(=O)c3ccc([N+](=O)[O-])cc3)cc2s1. The highest BCUT2D eigenvalue weighted by Crippen LogP contribution is 2.33. The Morgan fingerprint density at radius 2 is 1.94 bits per heavy atom. The summed E-state index contributed by atoms with van der Waals surface area (Å²) in [6.45, 7) is 0. The van der Waals surface area contributed by atoms with Crippen molar-refractivity contribution in [3.63, 3.8) is 0 Å². The van der Waals surface area contributed by atoms with Crippen LogP contribution in [0.4, 0.5) is 11.4 Å². The van der Waals surface area contributed by atoms with Crippen LogP contribution in [-0.2, 0) is 5.75 Å². The molecule has 0 atom stereocenters. The Kier molecular flexibility index (Phi) is 5.93. The number of non-ortho nitro benzene ring substituents is 1. The van der Waals surface area contributed by atoms with E-state index in [9.17, 15) is 20.2 Å². The lowest BCUT2D eigenvalue weighted by molar-refractivity contribution is -0.384. The van der Waals surface area contributed by atoms with Gasteiger partial charge in [-0.3, -0.25) is 14.9 Å². The molecule has 4 rings (SSSR count). The van der Waals surface area contributed by atoms with Crippen LogP contribution < -0.4 is 5.32 Å². The number of nitro groups is 1. The smallest absolute Gasteiger partial charge is 0.269 e. The van der Waals surface area contributed by atoms with Gasteiger partial charge >= 0.3 is 0 Å². The molecule has 0 aliphatic rings. The zero-order valence-corrected chi connectivity index (χ0v) is 17.6. The summed E-state index contributed by atoms with van der Waals surface area (Å²) in [6, 6.07) is 20.6. The van der Waals surface area contributed by atoms with E-state index in [4.69, 9.17) is 0 Å². The van der Waals surface area contributed by atoms with Crippen LogP contribution in [0.3, 0.4) is 0 Å². The Labute approximate surface area is 185 Å². The number of rotatable bonds is 6. The van der Waals surface area contributed by atoms with Crippen molar-refractivity contribution in [2.24, 2.45) is 0 Å². The van der Waals surface area contributed by atoms with Crippen molar-refractivity contribution >= 4 is 50.6 Å². The molecule has 1 amide bonds. The van der Waals surface area contributed by atoms with Gasteiger partial charge in [0, 0.05) is 29.1 Å². The molecule has 4 aromatic rings. The number of carbonyl (C=O) groups is 1. The Hall–Kier alpha value is -3.74. The minimum Gasteiger partial charge on any atom is -0.322 e. The van der Waals surface area contributed by atoms with Crippen LogP contribution in [0.15, 0.2) is 71.1 Å². The fourth-order valence-electron chi connectivity index (χ4n) is 2.88. The van der Waals surface area contributed by atoms with E-state index < -0.39 is 4.92 Å². The van der Waals surface area contributed by atoms with E-state index in [1.54, 1.807) is 23.9 Å². The predicted octanol–water partition coefficient (Wildman–Crippen LogP) is 5.62. The minimum absolute atomic E-state index is 0.0648. The van der Waals surface area contributed by atoms with Gasteiger partial charge in [-0.2, -0.15) is 5.26 Å². The molecule has 1 heterocycles. The molecule has 0 saturated heterocycles. The second kappa shape index (κ2) is 8.95. The molecule has 152 valence electrons. The van der Waals surface area contributed by atoms with Gasteiger partial charge in [-0.25, -0.2) is 4.98 Å². The van der Waals surface area contributed by atoms with Gasteiger partial charge in [0.05, 0.1) is 26.8 Å². The third kappa shape index (κ3) is 4.71. The first-order valence-corrected chi connectivity index (χ1v) is 10.9. The predicted molar refractivity (Wildman–Crippen MR) is 121 cm³/mol. The first-order chi connectivity index (χ1) is 15.0. The lowest BCUT2D eigenvalue weighted by Gasteiger charge is -2.05. The van der Waals surface area contributed by atoms with Gasteiger partial charge in [0.2, 0.25) is 0 Å². The van der Waals surface area contributed by atoms with E-state index in [1.807, 2.05) is 30.3 Å². The van der Waals surface area contributed by atoms with Crippen molar-refractivity contribution in [3.05, 3.63) is 93.5 Å². The summed E-state index contributed by atoms with van der Waals surface area (Å²) in [5, 5.41) is 22.8. The van der Waals surface area contributed by atoms with Crippen molar-refractivity contribution in [1.29, 1.82) is 5.26 Å². The zero-order valence-electron chi connectivity index (χ0n) is 15.9. The van der Waals surface area contributed by atoms with E-state index in [2.05, 4.69) is 16.4 Å². The van der Waals surface area contributed by atoms with Crippen LogP contribution in [0.25, 0.3) is 10.2 Å². The fraction of sp³-hybridized carbons (Fsp3) is 0.0455. The molecule has 7 nitrogen and oxygen atoms in total. The topological polar surface area (TPSA) is 109 Å². The summed E-state index contributed by atoms with van der Waals surface area (Å²) < 4.78 is 1.80. The molecule has 0 bridgehead atoms. The molecule has 3 aromatic carbocycles. The van der Waals surface area contributed by atoms with Gasteiger partial charge in [-0.15, -0.1) is 11.3 Å². The van der Waals surface area contributed by atoms with Crippen LogP contribution >= 0.6 is 23.1 Å². The molecule has 31 heavy (non-hydrogen) atoms. The van der Waals surface area contributed by atoms with Gasteiger partial charge in [-0.1, -0.05) is 30.0 Å². The number of thiazole rings is 1. The molecule has 0 unspecified atom stereocenters. The lowest BCUT2D eigenvalue weighted by Crippen LogP contribution is -2.11. The highest BCUT2D eigenvalue weighted by molar-refractivity contribution is 8.00. The molecule has 0 spiro atoms. The first-order valence-electron chi connectivity index (χ1n) is 9.11. The van der Waals surface area contributed by atoms with Gasteiger partial charge in [0.25, 0.3) is 11.6 Å². The van der Waals surface area contributed by atoms with Crippen molar-refractivity contribution in [1.82, 2.24) is 4.98 Å². The Bertz CT molecular complexity index is 1330. The second-order valence-electron chi connectivity index (χ2n) is 6.48. The summed E-state index contributed by atoms with van der Waals surface area (Å²) in [5.41, 5.74) is 3.34. The van der Waals surface area contributed by atoms with Crippen LogP contribution in [-0.4, -0.2) is 15.8 Å². The van der Waals surface area contributed by atoms with Gasteiger partial charge in [0.1, 0.15) is 0 Å². The van der Waals surface area contributed by atoms with E-state index in [-0.39, 0.29) is 11.6 Å². The molecule has 0 saturated carbocycles. The zero-order chi connectivity index (χ0) is 21.8. The molecule has 9 heteroatoms. The maximum Gasteiger partial charge on any atom is 0.269 e. The van der Waals surface area contributed by atoms with Crippen molar-refractivity contribution < 1.29 is 9.72 Å². The molecule has 0 aliphatic heterocycles. The highest BCUT2D eigenvalue weighted by Gasteiger charge is 2.12. The number of hydrogen-bond acceptors (Lipinski definition) is 7. The maximum absolute atomic E-state index is 12.4. The van der Waals surface area contributed by atoms with Crippen LogP contribution in [0.5, 0.6) is 0 Å². The number of nitro benzene ring substituents is 1. The van der Waals surface area contributed by atoms with Crippen molar-refractivity contribution in [2.75, 3.05) is 5.32 Å². The number of nitriles is 1. The normalized spacial score (nSPS) is 10.5.